The molecule has 0 saturated heterocycles. The zero-order valence-corrected chi connectivity index (χ0v) is 10.3. The molecule has 0 fully saturated rings. The average molecular weight is 224 g/mol. The van der Waals surface area contributed by atoms with Gasteiger partial charge in [0, 0.05) is 11.3 Å². The molecular formula is C11H20N4O. The van der Waals surface area contributed by atoms with Gasteiger partial charge in [-0.2, -0.15) is 5.10 Å². The Hall–Kier alpha value is -1.36. The Morgan fingerprint density at radius 1 is 1.50 bits per heavy atom. The monoisotopic (exact) mass is 224 g/mol. The highest BCUT2D eigenvalue weighted by molar-refractivity contribution is 5.94. The van der Waals surface area contributed by atoms with Crippen molar-refractivity contribution in [3.63, 3.8) is 0 Å². The van der Waals surface area contributed by atoms with Gasteiger partial charge >= 0.3 is 0 Å². The number of amides is 1. The second-order valence-corrected chi connectivity index (χ2v) is 4.55. The van der Waals surface area contributed by atoms with E-state index in [0.29, 0.717) is 18.2 Å². The van der Waals surface area contributed by atoms with Gasteiger partial charge in [0.05, 0.1) is 6.04 Å². The molecule has 0 spiro atoms. The Balaban J connectivity index is 2.61. The molecule has 5 nitrogen and oxygen atoms in total. The molecule has 0 saturated carbocycles. The van der Waals surface area contributed by atoms with Crippen LogP contribution in [0.25, 0.3) is 0 Å². The molecule has 1 atom stereocenters. The van der Waals surface area contributed by atoms with Crippen LogP contribution >= 0.6 is 0 Å². The molecule has 0 radical (unpaired) electrons. The third-order valence-corrected chi connectivity index (χ3v) is 2.56. The molecule has 0 aliphatic heterocycles. The summed E-state index contributed by atoms with van der Waals surface area (Å²) in [5.74, 6) is 0.799. The number of carbonyl (C=O) groups excluding carboxylic acids is 1. The van der Waals surface area contributed by atoms with Crippen molar-refractivity contribution in [2.75, 3.05) is 5.32 Å². The van der Waals surface area contributed by atoms with Crippen LogP contribution in [0.1, 0.15) is 31.5 Å². The Bertz CT molecular complexity index is 370. The smallest absolute Gasteiger partial charge is 0.242 e. The predicted octanol–water partition coefficient (Wildman–Crippen LogP) is 1.34. The summed E-state index contributed by atoms with van der Waals surface area (Å²) in [5.41, 5.74) is 7.67. The fraction of sp³-hybridized carbons (Fsp3) is 0.636. The Morgan fingerprint density at radius 3 is 2.56 bits per heavy atom. The van der Waals surface area contributed by atoms with E-state index in [4.69, 9.17) is 5.73 Å². The number of hydrogen-bond donors (Lipinski definition) is 3. The minimum absolute atomic E-state index is 0.178. The number of nitrogens with one attached hydrogen (secondary N) is 2. The first-order valence-corrected chi connectivity index (χ1v) is 5.49. The lowest BCUT2D eigenvalue weighted by atomic mass is 10.0. The first-order chi connectivity index (χ1) is 7.41. The first kappa shape index (κ1) is 12.7. The molecule has 1 aromatic heterocycles. The van der Waals surface area contributed by atoms with Gasteiger partial charge in [0.2, 0.25) is 5.91 Å². The van der Waals surface area contributed by atoms with E-state index in [1.807, 2.05) is 27.7 Å². The molecule has 1 amide bonds. The Labute approximate surface area is 95.8 Å². The molecule has 1 heterocycles. The number of aromatic nitrogens is 2. The second kappa shape index (κ2) is 5.12. The molecule has 5 heteroatoms. The fourth-order valence-corrected chi connectivity index (χ4v) is 1.43. The largest absolute Gasteiger partial charge is 0.320 e. The summed E-state index contributed by atoms with van der Waals surface area (Å²) < 4.78 is 0. The number of rotatable bonds is 4. The van der Waals surface area contributed by atoms with E-state index in [2.05, 4.69) is 15.5 Å². The lowest BCUT2D eigenvalue weighted by molar-refractivity contribution is -0.117. The number of nitrogens with zero attached hydrogens (tertiary/aromatic N) is 1. The van der Waals surface area contributed by atoms with Crippen LogP contribution in [0.15, 0.2) is 0 Å². The van der Waals surface area contributed by atoms with Crippen LogP contribution in [0.2, 0.25) is 0 Å². The lowest BCUT2D eigenvalue weighted by Gasteiger charge is -2.13. The number of aromatic amines is 1. The highest BCUT2D eigenvalue weighted by atomic mass is 16.2. The van der Waals surface area contributed by atoms with Gasteiger partial charge in [-0.3, -0.25) is 9.89 Å². The summed E-state index contributed by atoms with van der Waals surface area (Å²) in [4.78, 5) is 11.7. The van der Waals surface area contributed by atoms with E-state index in [9.17, 15) is 4.79 Å². The summed E-state index contributed by atoms with van der Waals surface area (Å²) in [6.45, 7) is 7.89. The SMILES string of the molecule is Cc1[nH]nc(NC(=O)[C@@H](N)CC(C)C)c1C. The van der Waals surface area contributed by atoms with Crippen LogP contribution in [0.4, 0.5) is 5.82 Å². The summed E-state index contributed by atoms with van der Waals surface area (Å²) in [5, 5.41) is 9.55. The van der Waals surface area contributed by atoms with Gasteiger partial charge in [0.15, 0.2) is 5.82 Å². The molecule has 0 aliphatic carbocycles. The summed E-state index contributed by atoms with van der Waals surface area (Å²) in [6, 6.07) is -0.476. The maximum Gasteiger partial charge on any atom is 0.242 e. The maximum atomic E-state index is 11.7. The third-order valence-electron chi connectivity index (χ3n) is 2.56. The van der Waals surface area contributed by atoms with Crippen LogP contribution in [0.3, 0.4) is 0 Å². The topological polar surface area (TPSA) is 83.8 Å². The van der Waals surface area contributed by atoms with Crippen molar-refractivity contribution in [1.29, 1.82) is 0 Å². The van der Waals surface area contributed by atoms with Gasteiger partial charge < -0.3 is 11.1 Å². The summed E-state index contributed by atoms with van der Waals surface area (Å²) >= 11 is 0. The molecule has 0 bridgehead atoms. The van der Waals surface area contributed by atoms with Crippen LogP contribution in [0, 0.1) is 19.8 Å². The lowest BCUT2D eigenvalue weighted by Crippen LogP contribution is -2.36. The highest BCUT2D eigenvalue weighted by Crippen LogP contribution is 2.14. The minimum atomic E-state index is -0.476. The molecule has 1 rings (SSSR count). The molecule has 90 valence electrons. The standard InChI is InChI=1S/C11H20N4O/c1-6(2)5-9(12)11(16)13-10-7(3)8(4)14-15-10/h6,9H,5,12H2,1-4H3,(H2,13,14,15,16)/t9-/m0/s1. The fourth-order valence-electron chi connectivity index (χ4n) is 1.43. The average Bonchev–Trinajstić information content (AvgIpc) is 2.48. The van der Waals surface area contributed by atoms with Crippen molar-refractivity contribution in [2.24, 2.45) is 11.7 Å². The zero-order chi connectivity index (χ0) is 12.3. The minimum Gasteiger partial charge on any atom is -0.320 e. The van der Waals surface area contributed by atoms with E-state index in [1.165, 1.54) is 0 Å². The van der Waals surface area contributed by atoms with Crippen molar-refractivity contribution in [3.05, 3.63) is 11.3 Å². The van der Waals surface area contributed by atoms with E-state index in [0.717, 1.165) is 11.3 Å². The molecule has 16 heavy (non-hydrogen) atoms. The van der Waals surface area contributed by atoms with Gasteiger partial charge in [-0.05, 0) is 26.2 Å². The number of H-pyrrole nitrogens is 1. The predicted molar refractivity (Wildman–Crippen MR) is 64.1 cm³/mol. The van der Waals surface area contributed by atoms with Crippen molar-refractivity contribution in [1.82, 2.24) is 10.2 Å². The van der Waals surface area contributed by atoms with Gasteiger partial charge in [0.25, 0.3) is 0 Å². The molecule has 0 aromatic carbocycles. The number of aryl methyl sites for hydroxylation is 1. The van der Waals surface area contributed by atoms with Gasteiger partial charge in [-0.15, -0.1) is 0 Å². The molecule has 0 unspecified atom stereocenters. The number of hydrogen-bond acceptors (Lipinski definition) is 3. The van der Waals surface area contributed by atoms with Crippen LogP contribution in [-0.2, 0) is 4.79 Å². The van der Waals surface area contributed by atoms with E-state index in [1.54, 1.807) is 0 Å². The molecule has 0 aliphatic rings. The van der Waals surface area contributed by atoms with Crippen molar-refractivity contribution < 1.29 is 4.79 Å². The van der Waals surface area contributed by atoms with Crippen molar-refractivity contribution in [2.45, 2.75) is 40.2 Å². The third kappa shape index (κ3) is 3.06. The normalized spacial score (nSPS) is 12.9. The van der Waals surface area contributed by atoms with Gasteiger partial charge in [0.1, 0.15) is 0 Å². The first-order valence-electron chi connectivity index (χ1n) is 5.49. The maximum absolute atomic E-state index is 11.7. The molecular weight excluding hydrogens is 204 g/mol. The number of nitrogens with two attached hydrogens (primary N) is 1. The van der Waals surface area contributed by atoms with Crippen molar-refractivity contribution >= 4 is 11.7 Å². The van der Waals surface area contributed by atoms with E-state index >= 15 is 0 Å². The van der Waals surface area contributed by atoms with Crippen molar-refractivity contribution in [3.8, 4) is 0 Å². The van der Waals surface area contributed by atoms with Gasteiger partial charge in [-0.25, -0.2) is 0 Å². The Kier molecular flexibility index (Phi) is 4.06. The second-order valence-electron chi connectivity index (χ2n) is 4.55. The molecule has 4 N–H and O–H groups in total. The summed E-state index contributed by atoms with van der Waals surface area (Å²) in [7, 11) is 0. The zero-order valence-electron chi connectivity index (χ0n) is 10.3. The number of carbonyl (C=O) groups is 1. The Morgan fingerprint density at radius 2 is 2.12 bits per heavy atom. The van der Waals surface area contributed by atoms with Crippen LogP contribution < -0.4 is 11.1 Å². The van der Waals surface area contributed by atoms with Crippen LogP contribution in [-0.4, -0.2) is 22.1 Å². The highest BCUT2D eigenvalue weighted by Gasteiger charge is 2.17. The molecule has 1 aromatic rings. The van der Waals surface area contributed by atoms with Crippen LogP contribution in [0.5, 0.6) is 0 Å². The summed E-state index contributed by atoms with van der Waals surface area (Å²) in [6.07, 6.45) is 0.675. The van der Waals surface area contributed by atoms with Gasteiger partial charge in [-0.1, -0.05) is 13.8 Å². The number of anilines is 1. The van der Waals surface area contributed by atoms with E-state index in [-0.39, 0.29) is 5.91 Å². The van der Waals surface area contributed by atoms with E-state index < -0.39 is 6.04 Å². The quantitative estimate of drug-likeness (QED) is 0.721.